The van der Waals surface area contributed by atoms with Crippen molar-refractivity contribution in [1.82, 2.24) is 4.98 Å². The predicted octanol–water partition coefficient (Wildman–Crippen LogP) is 3.10. The van der Waals surface area contributed by atoms with Crippen LogP contribution in [0, 0.1) is 6.92 Å². The maximum atomic E-state index is 12.0. The smallest absolute Gasteiger partial charge is 0.335 e. The maximum absolute atomic E-state index is 12.0. The third kappa shape index (κ3) is 3.21. The first-order valence-corrected chi connectivity index (χ1v) is 6.54. The summed E-state index contributed by atoms with van der Waals surface area (Å²) in [6, 6.07) is 9.28. The van der Waals surface area contributed by atoms with E-state index in [2.05, 4.69) is 26.2 Å². The highest BCUT2D eigenvalue weighted by molar-refractivity contribution is 9.10. The van der Waals surface area contributed by atoms with Gasteiger partial charge in [-0.3, -0.25) is 4.79 Å². The summed E-state index contributed by atoms with van der Waals surface area (Å²) in [7, 11) is 0. The van der Waals surface area contributed by atoms with Gasteiger partial charge in [-0.2, -0.15) is 0 Å². The standard InChI is InChI=1S/C14H11BrN2O3/c1-8-11(15)5-6-12(16-8)17-13(18)9-3-2-4-10(7-9)14(19)20/h2-7H,1H3,(H,19,20)(H,16,17,18). The Morgan fingerprint density at radius 3 is 2.55 bits per heavy atom. The topological polar surface area (TPSA) is 79.3 Å². The Morgan fingerprint density at radius 1 is 1.20 bits per heavy atom. The normalized spacial score (nSPS) is 10.1. The van der Waals surface area contributed by atoms with Crippen molar-refractivity contribution < 1.29 is 14.7 Å². The van der Waals surface area contributed by atoms with Gasteiger partial charge in [-0.15, -0.1) is 0 Å². The second kappa shape index (κ2) is 5.83. The molecule has 0 atom stereocenters. The molecule has 1 amide bonds. The molecule has 2 rings (SSSR count). The molecule has 0 aliphatic heterocycles. The second-order valence-electron chi connectivity index (χ2n) is 4.10. The van der Waals surface area contributed by atoms with Gasteiger partial charge in [0.25, 0.3) is 5.91 Å². The van der Waals surface area contributed by atoms with Crippen LogP contribution in [0.3, 0.4) is 0 Å². The number of nitrogens with zero attached hydrogens (tertiary/aromatic N) is 1. The number of carboxylic acid groups (broad SMARTS) is 1. The number of carbonyl (C=O) groups excluding carboxylic acids is 1. The van der Waals surface area contributed by atoms with Crippen molar-refractivity contribution in [2.75, 3.05) is 5.32 Å². The van der Waals surface area contributed by atoms with Crippen LogP contribution in [0.15, 0.2) is 40.9 Å². The summed E-state index contributed by atoms with van der Waals surface area (Å²) in [5.74, 6) is -1.06. The van der Waals surface area contributed by atoms with E-state index in [1.165, 1.54) is 18.2 Å². The number of hydrogen-bond donors (Lipinski definition) is 2. The molecule has 0 unspecified atom stereocenters. The van der Waals surface area contributed by atoms with E-state index in [9.17, 15) is 9.59 Å². The van der Waals surface area contributed by atoms with E-state index in [1.807, 2.05) is 6.92 Å². The average Bonchev–Trinajstić information content (AvgIpc) is 2.43. The van der Waals surface area contributed by atoms with Crippen molar-refractivity contribution in [2.24, 2.45) is 0 Å². The minimum atomic E-state index is -1.07. The lowest BCUT2D eigenvalue weighted by molar-refractivity contribution is 0.0697. The summed E-state index contributed by atoms with van der Waals surface area (Å²) >= 11 is 3.33. The molecule has 1 aromatic carbocycles. The van der Waals surface area contributed by atoms with Gasteiger partial charge < -0.3 is 10.4 Å². The average molecular weight is 335 g/mol. The molecule has 102 valence electrons. The predicted molar refractivity (Wildman–Crippen MR) is 78.0 cm³/mol. The molecule has 0 saturated carbocycles. The molecular formula is C14H11BrN2O3. The highest BCUT2D eigenvalue weighted by atomic mass is 79.9. The molecular weight excluding hydrogens is 324 g/mol. The Balaban J connectivity index is 2.21. The van der Waals surface area contributed by atoms with Crippen LogP contribution in [-0.4, -0.2) is 22.0 Å². The number of carbonyl (C=O) groups is 2. The van der Waals surface area contributed by atoms with Gasteiger partial charge in [0.05, 0.1) is 11.3 Å². The molecule has 0 spiro atoms. The van der Waals surface area contributed by atoms with E-state index in [-0.39, 0.29) is 11.1 Å². The molecule has 0 radical (unpaired) electrons. The van der Waals surface area contributed by atoms with Crippen LogP contribution in [0.5, 0.6) is 0 Å². The number of hydrogen-bond acceptors (Lipinski definition) is 3. The second-order valence-corrected chi connectivity index (χ2v) is 4.96. The lowest BCUT2D eigenvalue weighted by Gasteiger charge is -2.06. The monoisotopic (exact) mass is 334 g/mol. The number of aryl methyl sites for hydroxylation is 1. The van der Waals surface area contributed by atoms with E-state index in [0.717, 1.165) is 10.2 Å². The van der Waals surface area contributed by atoms with Crippen molar-refractivity contribution in [2.45, 2.75) is 6.92 Å². The van der Waals surface area contributed by atoms with Gasteiger partial charge >= 0.3 is 5.97 Å². The van der Waals surface area contributed by atoms with Crippen molar-refractivity contribution >= 4 is 33.6 Å². The number of amides is 1. The number of pyridine rings is 1. The molecule has 5 nitrogen and oxygen atoms in total. The third-order valence-corrected chi connectivity index (χ3v) is 3.47. The molecule has 0 aliphatic carbocycles. The van der Waals surface area contributed by atoms with Gasteiger partial charge in [-0.25, -0.2) is 9.78 Å². The molecule has 1 heterocycles. The van der Waals surface area contributed by atoms with E-state index in [0.29, 0.717) is 5.82 Å². The highest BCUT2D eigenvalue weighted by Gasteiger charge is 2.10. The number of benzene rings is 1. The molecule has 2 N–H and O–H groups in total. The van der Waals surface area contributed by atoms with Gasteiger partial charge in [0.2, 0.25) is 0 Å². The van der Waals surface area contributed by atoms with E-state index in [1.54, 1.807) is 18.2 Å². The zero-order chi connectivity index (χ0) is 14.7. The van der Waals surface area contributed by atoms with Crippen molar-refractivity contribution in [3.63, 3.8) is 0 Å². The Morgan fingerprint density at radius 2 is 1.90 bits per heavy atom. The number of aromatic carboxylic acids is 1. The van der Waals surface area contributed by atoms with Crippen LogP contribution in [0.4, 0.5) is 5.82 Å². The van der Waals surface area contributed by atoms with E-state index in [4.69, 9.17) is 5.11 Å². The number of anilines is 1. The molecule has 2 aromatic rings. The fourth-order valence-electron chi connectivity index (χ4n) is 1.60. The molecule has 0 saturated heterocycles. The van der Waals surface area contributed by atoms with E-state index >= 15 is 0 Å². The lowest BCUT2D eigenvalue weighted by Crippen LogP contribution is -2.14. The SMILES string of the molecule is Cc1nc(NC(=O)c2cccc(C(=O)O)c2)ccc1Br. The van der Waals surface area contributed by atoms with Gasteiger partial charge in [0.15, 0.2) is 0 Å². The fraction of sp³-hybridized carbons (Fsp3) is 0.0714. The number of carboxylic acids is 1. The highest BCUT2D eigenvalue weighted by Crippen LogP contribution is 2.17. The van der Waals surface area contributed by atoms with Crippen LogP contribution in [0.25, 0.3) is 0 Å². The summed E-state index contributed by atoms with van der Waals surface area (Å²) in [6.45, 7) is 1.81. The van der Waals surface area contributed by atoms with Crippen LogP contribution < -0.4 is 5.32 Å². The Kier molecular flexibility index (Phi) is 4.14. The quantitative estimate of drug-likeness (QED) is 0.903. The van der Waals surface area contributed by atoms with Crippen LogP contribution >= 0.6 is 15.9 Å². The summed E-state index contributed by atoms with van der Waals surface area (Å²) in [4.78, 5) is 27.1. The van der Waals surface area contributed by atoms with Gasteiger partial charge in [-0.05, 0) is 53.2 Å². The first kappa shape index (κ1) is 14.2. The molecule has 0 aliphatic rings. The molecule has 20 heavy (non-hydrogen) atoms. The largest absolute Gasteiger partial charge is 0.478 e. The van der Waals surface area contributed by atoms with Gasteiger partial charge in [0.1, 0.15) is 5.82 Å². The number of halogens is 1. The summed E-state index contributed by atoms with van der Waals surface area (Å²) in [5, 5.41) is 11.5. The minimum Gasteiger partial charge on any atom is -0.478 e. The fourth-order valence-corrected chi connectivity index (χ4v) is 1.82. The summed E-state index contributed by atoms with van der Waals surface area (Å²) < 4.78 is 0.850. The lowest BCUT2D eigenvalue weighted by atomic mass is 10.1. The summed E-state index contributed by atoms with van der Waals surface area (Å²) in [6.07, 6.45) is 0. The number of aromatic nitrogens is 1. The van der Waals surface area contributed by atoms with Gasteiger partial charge in [-0.1, -0.05) is 6.07 Å². The van der Waals surface area contributed by atoms with Crippen LogP contribution in [0.1, 0.15) is 26.4 Å². The number of nitrogens with one attached hydrogen (secondary N) is 1. The first-order chi connectivity index (χ1) is 9.47. The molecule has 0 bridgehead atoms. The molecule has 6 heteroatoms. The Bertz CT molecular complexity index is 686. The Hall–Kier alpha value is -2.21. The van der Waals surface area contributed by atoms with Crippen molar-refractivity contribution in [3.05, 3.63) is 57.7 Å². The number of rotatable bonds is 3. The van der Waals surface area contributed by atoms with Crippen LogP contribution in [0.2, 0.25) is 0 Å². The first-order valence-electron chi connectivity index (χ1n) is 5.75. The van der Waals surface area contributed by atoms with Gasteiger partial charge in [0, 0.05) is 10.0 Å². The zero-order valence-corrected chi connectivity index (χ0v) is 12.1. The minimum absolute atomic E-state index is 0.0672. The zero-order valence-electron chi connectivity index (χ0n) is 10.6. The Labute approximate surface area is 123 Å². The molecule has 0 fully saturated rings. The summed E-state index contributed by atoms with van der Waals surface area (Å²) in [5.41, 5.74) is 1.09. The van der Waals surface area contributed by atoms with Crippen molar-refractivity contribution in [1.29, 1.82) is 0 Å². The molecule has 1 aromatic heterocycles. The van der Waals surface area contributed by atoms with Crippen LogP contribution in [-0.2, 0) is 0 Å². The van der Waals surface area contributed by atoms with E-state index < -0.39 is 11.9 Å². The van der Waals surface area contributed by atoms with Crippen molar-refractivity contribution in [3.8, 4) is 0 Å². The maximum Gasteiger partial charge on any atom is 0.335 e. The third-order valence-electron chi connectivity index (χ3n) is 2.63.